The number of rotatable bonds is 6. The van der Waals surface area contributed by atoms with Gasteiger partial charge in [0.1, 0.15) is 0 Å². The van der Waals surface area contributed by atoms with E-state index in [0.717, 1.165) is 36.8 Å². The number of guanidine groups is 1. The highest BCUT2D eigenvalue weighted by Gasteiger charge is 2.33. The Labute approximate surface area is 223 Å². The van der Waals surface area contributed by atoms with Gasteiger partial charge in [-0.3, -0.25) is 14.9 Å². The maximum Gasteiger partial charge on any atom is 0.265 e. The van der Waals surface area contributed by atoms with Crippen molar-refractivity contribution >= 4 is 35.5 Å². The largest absolute Gasteiger partial charge is 0.332 e. The van der Waals surface area contributed by atoms with E-state index in [9.17, 15) is 9.59 Å². The molecule has 0 saturated heterocycles. The van der Waals surface area contributed by atoms with Gasteiger partial charge in [0.2, 0.25) is 5.91 Å². The van der Waals surface area contributed by atoms with Gasteiger partial charge >= 0.3 is 0 Å². The lowest BCUT2D eigenvalue weighted by molar-refractivity contribution is -0.130. The lowest BCUT2D eigenvalue weighted by atomic mass is 9.71. The molecule has 1 aliphatic carbocycles. The van der Waals surface area contributed by atoms with E-state index in [1.165, 1.54) is 0 Å². The molecule has 0 radical (unpaired) electrons. The Bertz CT molecular complexity index is 1160. The average molecular weight is 523 g/mol. The van der Waals surface area contributed by atoms with E-state index in [1.807, 2.05) is 35.2 Å². The van der Waals surface area contributed by atoms with E-state index in [1.54, 1.807) is 30.4 Å². The number of hydrazone groups is 1. The Morgan fingerprint density at radius 1 is 1.14 bits per heavy atom. The summed E-state index contributed by atoms with van der Waals surface area (Å²) in [6.45, 7) is 7.29. The molecule has 8 nitrogen and oxygen atoms in total. The topological polar surface area (TPSA) is 124 Å². The molecule has 9 heteroatoms. The molecule has 0 aliphatic heterocycles. The van der Waals surface area contributed by atoms with Gasteiger partial charge in [-0.2, -0.15) is 0 Å². The standard InChI is InChI=1S/C28H35ClN6O2/c1-28(2,3)22-12-14-24(15-13-22)35(25(36)16-9-19-5-4-6-23(29)17-19)18-20-7-10-21(11-8-20)26(37)32-27(33-30)34-31/h4-11,16-17,22,24,30H,12-15,18,31H2,1-3H3,(H,32,34,37)/b16-9+,33-30?. The predicted octanol–water partition coefficient (Wildman–Crippen LogP) is 5.98. The van der Waals surface area contributed by atoms with Gasteiger partial charge in [0, 0.05) is 29.2 Å². The zero-order chi connectivity index (χ0) is 27.0. The van der Waals surface area contributed by atoms with Crippen LogP contribution >= 0.6 is 11.6 Å². The third-order valence-electron chi connectivity index (χ3n) is 6.93. The molecule has 0 heterocycles. The summed E-state index contributed by atoms with van der Waals surface area (Å²) < 4.78 is 0. The van der Waals surface area contributed by atoms with Crippen LogP contribution in [0.2, 0.25) is 5.02 Å². The summed E-state index contributed by atoms with van der Waals surface area (Å²) in [6.07, 6.45) is 7.49. The van der Waals surface area contributed by atoms with Gasteiger partial charge in [-0.25, -0.2) is 5.53 Å². The highest BCUT2D eigenvalue weighted by molar-refractivity contribution is 6.30. The first-order chi connectivity index (χ1) is 17.6. The van der Waals surface area contributed by atoms with E-state index >= 15 is 0 Å². The molecule has 2 aromatic carbocycles. The van der Waals surface area contributed by atoms with Gasteiger partial charge in [-0.05, 0) is 78.5 Å². The molecule has 1 fully saturated rings. The molecule has 0 atom stereocenters. The molecule has 2 aromatic rings. The number of nitrogens with zero attached hydrogens (tertiary/aromatic N) is 3. The van der Waals surface area contributed by atoms with Crippen LogP contribution in [0.25, 0.3) is 6.08 Å². The Balaban J connectivity index is 1.77. The van der Waals surface area contributed by atoms with Crippen LogP contribution in [0.5, 0.6) is 0 Å². The minimum Gasteiger partial charge on any atom is -0.332 e. The number of carbonyl (C=O) groups is 2. The highest BCUT2D eigenvalue weighted by Crippen LogP contribution is 2.39. The number of hydrogen-bond donors (Lipinski definition) is 3. The number of nitrogens with two attached hydrogens (primary N) is 1. The molecule has 196 valence electrons. The highest BCUT2D eigenvalue weighted by atomic mass is 35.5. The van der Waals surface area contributed by atoms with Gasteiger partial charge in [-0.1, -0.05) is 56.6 Å². The third-order valence-corrected chi connectivity index (χ3v) is 7.17. The first kappa shape index (κ1) is 28.1. The minimum atomic E-state index is -0.468. The second-order valence-corrected chi connectivity index (χ2v) is 10.9. The number of hydrogen-bond acceptors (Lipinski definition) is 5. The third kappa shape index (κ3) is 7.98. The van der Waals surface area contributed by atoms with Crippen molar-refractivity contribution in [3.63, 3.8) is 0 Å². The summed E-state index contributed by atoms with van der Waals surface area (Å²) in [4.78, 5) is 27.7. The van der Waals surface area contributed by atoms with E-state index in [4.69, 9.17) is 23.0 Å². The van der Waals surface area contributed by atoms with Gasteiger partial charge in [0.15, 0.2) is 0 Å². The molecular weight excluding hydrogens is 488 g/mol. The maximum absolute atomic E-state index is 13.4. The van der Waals surface area contributed by atoms with E-state index < -0.39 is 5.91 Å². The fourth-order valence-electron chi connectivity index (χ4n) is 4.74. The van der Waals surface area contributed by atoms with Crippen LogP contribution in [0.1, 0.15) is 67.9 Å². The van der Waals surface area contributed by atoms with Crippen molar-refractivity contribution in [1.29, 1.82) is 5.53 Å². The lowest BCUT2D eigenvalue weighted by Gasteiger charge is -2.41. The van der Waals surface area contributed by atoms with Crippen molar-refractivity contribution in [3.8, 4) is 0 Å². The summed E-state index contributed by atoms with van der Waals surface area (Å²) in [5.41, 5.74) is 9.37. The van der Waals surface area contributed by atoms with Crippen molar-refractivity contribution < 1.29 is 9.59 Å². The smallest absolute Gasteiger partial charge is 0.265 e. The molecule has 0 spiro atoms. The lowest BCUT2D eigenvalue weighted by Crippen LogP contribution is -2.42. The van der Waals surface area contributed by atoms with Crippen LogP contribution in [-0.4, -0.2) is 28.7 Å². The SMILES string of the molecule is CC(C)(C)C1CCC(N(Cc2ccc(C(=O)N/C(N=N)=N/N)cc2)C(=O)/C=C/c2cccc(Cl)c2)CC1. The van der Waals surface area contributed by atoms with Crippen LogP contribution in [0, 0.1) is 16.9 Å². The number of benzene rings is 2. The molecule has 0 aromatic heterocycles. The molecule has 3 rings (SSSR count). The van der Waals surface area contributed by atoms with Gasteiger partial charge in [0.25, 0.3) is 11.9 Å². The summed E-state index contributed by atoms with van der Waals surface area (Å²) in [7, 11) is 0. The average Bonchev–Trinajstić information content (AvgIpc) is 2.89. The van der Waals surface area contributed by atoms with Crippen LogP contribution in [0.15, 0.2) is 64.8 Å². The van der Waals surface area contributed by atoms with E-state index in [2.05, 4.69) is 36.3 Å². The van der Waals surface area contributed by atoms with Crippen LogP contribution in [0.4, 0.5) is 0 Å². The van der Waals surface area contributed by atoms with E-state index in [-0.39, 0.29) is 23.3 Å². The first-order valence-corrected chi connectivity index (χ1v) is 12.8. The Morgan fingerprint density at radius 3 is 2.38 bits per heavy atom. The zero-order valence-electron chi connectivity index (χ0n) is 21.6. The molecule has 2 amide bonds. The van der Waals surface area contributed by atoms with Gasteiger partial charge < -0.3 is 10.7 Å². The van der Waals surface area contributed by atoms with Crippen molar-refractivity contribution in [1.82, 2.24) is 10.2 Å². The second-order valence-electron chi connectivity index (χ2n) is 10.4. The fourth-order valence-corrected chi connectivity index (χ4v) is 4.93. The monoisotopic (exact) mass is 522 g/mol. The van der Waals surface area contributed by atoms with Crippen molar-refractivity contribution in [3.05, 3.63) is 76.3 Å². The molecular formula is C28H35ClN6O2. The number of nitrogens with one attached hydrogen (secondary N) is 2. The van der Waals surface area contributed by atoms with Crippen molar-refractivity contribution in [2.75, 3.05) is 0 Å². The van der Waals surface area contributed by atoms with Crippen LogP contribution in [0.3, 0.4) is 0 Å². The summed E-state index contributed by atoms with van der Waals surface area (Å²) in [6, 6.07) is 14.5. The maximum atomic E-state index is 13.4. The zero-order valence-corrected chi connectivity index (χ0v) is 22.3. The van der Waals surface area contributed by atoms with Crippen molar-refractivity contribution in [2.45, 2.75) is 59.0 Å². The number of amides is 2. The summed E-state index contributed by atoms with van der Waals surface area (Å²) >= 11 is 6.10. The summed E-state index contributed by atoms with van der Waals surface area (Å²) in [5.74, 6) is 4.94. The normalized spacial score (nSPS) is 18.4. The first-order valence-electron chi connectivity index (χ1n) is 12.4. The Hall–Kier alpha value is -3.52. The second kappa shape index (κ2) is 12.6. The van der Waals surface area contributed by atoms with Gasteiger partial charge in [0.05, 0.1) is 0 Å². The van der Waals surface area contributed by atoms with Crippen LogP contribution in [-0.2, 0) is 11.3 Å². The van der Waals surface area contributed by atoms with Crippen molar-refractivity contribution in [2.24, 2.45) is 27.4 Å². The quantitative estimate of drug-likeness (QED) is 0.108. The molecule has 1 aliphatic rings. The number of carbonyl (C=O) groups excluding carboxylic acids is 2. The molecule has 4 N–H and O–H groups in total. The molecule has 37 heavy (non-hydrogen) atoms. The van der Waals surface area contributed by atoms with E-state index in [0.29, 0.717) is 23.0 Å². The Kier molecular flexibility index (Phi) is 9.58. The minimum absolute atomic E-state index is 0.0538. The molecule has 1 saturated carbocycles. The fraction of sp³-hybridized carbons (Fsp3) is 0.393. The van der Waals surface area contributed by atoms with Crippen LogP contribution < -0.4 is 11.2 Å². The van der Waals surface area contributed by atoms with Gasteiger partial charge in [-0.15, -0.1) is 10.2 Å². The predicted molar refractivity (Wildman–Crippen MR) is 147 cm³/mol. The number of halogens is 1. The molecule has 0 unspecified atom stereocenters. The Morgan fingerprint density at radius 2 is 1.81 bits per heavy atom. The molecule has 0 bridgehead atoms. The summed E-state index contributed by atoms with van der Waals surface area (Å²) in [5, 5.41) is 9.27.